The Morgan fingerprint density at radius 2 is 2.00 bits per heavy atom. The molecule has 1 aromatic carbocycles. The third-order valence-electron chi connectivity index (χ3n) is 1.80. The van der Waals surface area contributed by atoms with Crippen molar-refractivity contribution >= 4 is 0 Å². The van der Waals surface area contributed by atoms with Crippen LogP contribution in [0.15, 0.2) is 12.1 Å². The first-order chi connectivity index (χ1) is 6.07. The molecule has 1 nitrogen and oxygen atoms in total. The number of aliphatic hydroxyl groups excluding tert-OH is 1. The summed E-state index contributed by atoms with van der Waals surface area (Å²) in [6.45, 7) is 0.223. The van der Waals surface area contributed by atoms with Crippen molar-refractivity contribution in [2.75, 3.05) is 6.67 Å². The van der Waals surface area contributed by atoms with E-state index in [1.54, 1.807) is 0 Å². The monoisotopic (exact) mass is 190 g/mol. The van der Waals surface area contributed by atoms with Crippen LogP contribution in [-0.2, 0) is 0 Å². The fourth-order valence-electron chi connectivity index (χ4n) is 1.06. The molecular formula is C9H9F3O. The van der Waals surface area contributed by atoms with Crippen LogP contribution in [0, 0.1) is 18.6 Å². The number of hydrogen-bond donors (Lipinski definition) is 1. The Labute approximate surface area is 73.8 Å². The minimum absolute atomic E-state index is 0.184. The van der Waals surface area contributed by atoms with Gasteiger partial charge in [0.15, 0.2) is 0 Å². The summed E-state index contributed by atoms with van der Waals surface area (Å²) in [6, 6.07) is 2.24. The maximum Gasteiger partial charge on any atom is 0.134 e. The Balaban J connectivity index is 3.25. The zero-order chi connectivity index (χ0) is 10.0. The van der Waals surface area contributed by atoms with E-state index in [9.17, 15) is 13.2 Å². The predicted molar refractivity (Wildman–Crippen MR) is 42.0 cm³/mol. The number of halogens is 3. The largest absolute Gasteiger partial charge is 0.385 e. The Morgan fingerprint density at radius 1 is 1.38 bits per heavy atom. The van der Waals surface area contributed by atoms with E-state index < -0.39 is 30.0 Å². The van der Waals surface area contributed by atoms with Crippen LogP contribution in [0.4, 0.5) is 13.2 Å². The molecule has 13 heavy (non-hydrogen) atoms. The van der Waals surface area contributed by atoms with Crippen LogP contribution in [0.25, 0.3) is 0 Å². The Bertz CT molecular complexity index is 312. The number of benzene rings is 1. The van der Waals surface area contributed by atoms with Gasteiger partial charge in [0.1, 0.15) is 24.4 Å². The number of alkyl halides is 1. The van der Waals surface area contributed by atoms with E-state index in [-0.39, 0.29) is 5.56 Å². The van der Waals surface area contributed by atoms with Gasteiger partial charge in [-0.3, -0.25) is 0 Å². The molecule has 0 aliphatic rings. The molecule has 0 aromatic heterocycles. The molecule has 0 fully saturated rings. The predicted octanol–water partition coefficient (Wildman–Crippen LogP) is 2.28. The molecular weight excluding hydrogens is 181 g/mol. The van der Waals surface area contributed by atoms with Gasteiger partial charge in [-0.25, -0.2) is 13.2 Å². The van der Waals surface area contributed by atoms with Gasteiger partial charge in [0.05, 0.1) is 5.56 Å². The van der Waals surface area contributed by atoms with Crippen molar-refractivity contribution in [3.8, 4) is 0 Å². The minimum atomic E-state index is -1.72. The van der Waals surface area contributed by atoms with E-state index in [0.29, 0.717) is 0 Å². The maximum atomic E-state index is 13.1. The molecule has 0 spiro atoms. The van der Waals surface area contributed by atoms with Gasteiger partial charge in [0.25, 0.3) is 0 Å². The summed E-state index contributed by atoms with van der Waals surface area (Å²) < 4.78 is 38.0. The summed E-state index contributed by atoms with van der Waals surface area (Å²) in [7, 11) is 0. The van der Waals surface area contributed by atoms with Crippen molar-refractivity contribution in [3.05, 3.63) is 34.9 Å². The van der Waals surface area contributed by atoms with Gasteiger partial charge in [-0.15, -0.1) is 0 Å². The third kappa shape index (κ3) is 1.83. The molecule has 0 aliphatic carbocycles. The van der Waals surface area contributed by atoms with E-state index in [4.69, 9.17) is 5.11 Å². The van der Waals surface area contributed by atoms with E-state index in [0.717, 1.165) is 6.07 Å². The molecule has 0 amide bonds. The number of aryl methyl sites for hydroxylation is 1. The molecule has 1 atom stereocenters. The van der Waals surface area contributed by atoms with Crippen LogP contribution < -0.4 is 0 Å². The van der Waals surface area contributed by atoms with Gasteiger partial charge < -0.3 is 5.11 Å². The number of rotatable bonds is 2. The molecule has 1 rings (SSSR count). The summed E-state index contributed by atoms with van der Waals surface area (Å²) in [6.07, 6.45) is -1.72. The summed E-state index contributed by atoms with van der Waals surface area (Å²) in [4.78, 5) is 0. The molecule has 0 bridgehead atoms. The number of aliphatic hydroxyl groups is 1. The molecule has 0 heterocycles. The van der Waals surface area contributed by atoms with Crippen molar-refractivity contribution in [1.82, 2.24) is 0 Å². The Morgan fingerprint density at radius 3 is 2.54 bits per heavy atom. The SMILES string of the molecule is Cc1ccc(F)c(C(O)CF)c1F. The first-order valence-electron chi connectivity index (χ1n) is 3.76. The molecule has 4 heteroatoms. The highest BCUT2D eigenvalue weighted by molar-refractivity contribution is 5.28. The molecule has 0 saturated heterocycles. The minimum Gasteiger partial charge on any atom is -0.385 e. The summed E-state index contributed by atoms with van der Waals surface area (Å²) in [5.41, 5.74) is -0.411. The Kier molecular flexibility index (Phi) is 2.93. The average Bonchev–Trinajstić information content (AvgIpc) is 2.12. The van der Waals surface area contributed by atoms with E-state index in [1.165, 1.54) is 13.0 Å². The van der Waals surface area contributed by atoms with Crippen molar-refractivity contribution < 1.29 is 18.3 Å². The second-order valence-electron chi connectivity index (χ2n) is 2.76. The van der Waals surface area contributed by atoms with Gasteiger partial charge in [-0.05, 0) is 18.6 Å². The smallest absolute Gasteiger partial charge is 0.134 e. The first-order valence-corrected chi connectivity index (χ1v) is 3.76. The fraction of sp³-hybridized carbons (Fsp3) is 0.333. The molecule has 0 aliphatic heterocycles. The number of hydrogen-bond acceptors (Lipinski definition) is 1. The molecule has 0 radical (unpaired) electrons. The third-order valence-corrected chi connectivity index (χ3v) is 1.80. The van der Waals surface area contributed by atoms with Gasteiger partial charge in [-0.1, -0.05) is 6.07 Å². The van der Waals surface area contributed by atoms with Gasteiger partial charge >= 0.3 is 0 Å². The van der Waals surface area contributed by atoms with Gasteiger partial charge in [0.2, 0.25) is 0 Å². The molecule has 1 aromatic rings. The zero-order valence-electron chi connectivity index (χ0n) is 7.02. The summed E-state index contributed by atoms with van der Waals surface area (Å²) in [5.74, 6) is -1.81. The topological polar surface area (TPSA) is 20.2 Å². The van der Waals surface area contributed by atoms with Gasteiger partial charge in [-0.2, -0.15) is 0 Å². The molecule has 72 valence electrons. The zero-order valence-corrected chi connectivity index (χ0v) is 7.02. The highest BCUT2D eigenvalue weighted by Gasteiger charge is 2.18. The average molecular weight is 190 g/mol. The Hall–Kier alpha value is -1.03. The van der Waals surface area contributed by atoms with Gasteiger partial charge in [0, 0.05) is 0 Å². The normalized spacial score (nSPS) is 13.0. The second kappa shape index (κ2) is 3.79. The van der Waals surface area contributed by atoms with Crippen molar-refractivity contribution in [2.45, 2.75) is 13.0 Å². The van der Waals surface area contributed by atoms with Crippen molar-refractivity contribution in [3.63, 3.8) is 0 Å². The first kappa shape index (κ1) is 10.1. The molecule has 1 unspecified atom stereocenters. The highest BCUT2D eigenvalue weighted by atomic mass is 19.1. The molecule has 0 saturated carbocycles. The standard InChI is InChI=1S/C9H9F3O/c1-5-2-3-6(11)8(9(5)12)7(13)4-10/h2-3,7,13H,4H2,1H3. The lowest BCUT2D eigenvalue weighted by Gasteiger charge is -2.10. The van der Waals surface area contributed by atoms with Crippen LogP contribution in [0.1, 0.15) is 17.2 Å². The highest BCUT2D eigenvalue weighted by Crippen LogP contribution is 2.23. The van der Waals surface area contributed by atoms with Crippen LogP contribution in [-0.4, -0.2) is 11.8 Å². The van der Waals surface area contributed by atoms with E-state index in [1.807, 2.05) is 0 Å². The second-order valence-corrected chi connectivity index (χ2v) is 2.76. The summed E-state index contributed by atoms with van der Waals surface area (Å²) >= 11 is 0. The van der Waals surface area contributed by atoms with E-state index >= 15 is 0 Å². The molecule has 1 N–H and O–H groups in total. The van der Waals surface area contributed by atoms with Crippen LogP contribution in [0.2, 0.25) is 0 Å². The fourth-order valence-corrected chi connectivity index (χ4v) is 1.06. The lowest BCUT2D eigenvalue weighted by Crippen LogP contribution is -2.07. The maximum absolute atomic E-state index is 13.1. The lowest BCUT2D eigenvalue weighted by molar-refractivity contribution is 0.133. The quantitative estimate of drug-likeness (QED) is 0.758. The van der Waals surface area contributed by atoms with Crippen molar-refractivity contribution in [2.24, 2.45) is 0 Å². The lowest BCUT2D eigenvalue weighted by atomic mass is 10.1. The van der Waals surface area contributed by atoms with E-state index in [2.05, 4.69) is 0 Å². The van der Waals surface area contributed by atoms with Crippen LogP contribution in [0.5, 0.6) is 0 Å². The summed E-state index contributed by atoms with van der Waals surface area (Å²) in [5, 5.41) is 8.96. The van der Waals surface area contributed by atoms with Crippen LogP contribution >= 0.6 is 0 Å². The van der Waals surface area contributed by atoms with Crippen LogP contribution in [0.3, 0.4) is 0 Å². The van der Waals surface area contributed by atoms with Crippen molar-refractivity contribution in [1.29, 1.82) is 0 Å².